The molecule has 0 aromatic heterocycles. The molecule has 0 bridgehead atoms. The number of carbonyl (C=O) groups excluding carboxylic acids is 1. The van der Waals surface area contributed by atoms with Crippen LogP contribution in [0.15, 0.2) is 47.6 Å². The van der Waals surface area contributed by atoms with Crippen LogP contribution in [0.25, 0.3) is 0 Å². The molecule has 0 radical (unpaired) electrons. The summed E-state index contributed by atoms with van der Waals surface area (Å²) in [6.07, 6.45) is 0. The fraction of sp³-hybridized carbons (Fsp3) is 0.176. The number of nitrogens with one attached hydrogen (secondary N) is 1. The van der Waals surface area contributed by atoms with Crippen LogP contribution in [-0.2, 0) is 4.79 Å². The Hall–Kier alpha value is -3.22. The van der Waals surface area contributed by atoms with Crippen molar-refractivity contribution in [2.24, 2.45) is 5.10 Å². The number of rotatable bonds is 6. The quantitative estimate of drug-likeness (QED) is 0.427. The number of aromatic hydroxyl groups is 2. The third kappa shape index (κ3) is 4.64. The number of carbonyl (C=O) groups is 1. The Labute approximate surface area is 139 Å². The lowest BCUT2D eigenvalue weighted by atomic mass is 10.1. The van der Waals surface area contributed by atoms with E-state index in [4.69, 9.17) is 9.47 Å². The summed E-state index contributed by atoms with van der Waals surface area (Å²) in [6.45, 7) is 1.38. The fourth-order valence-corrected chi connectivity index (χ4v) is 1.87. The minimum Gasteiger partial charge on any atom is -0.508 e. The first-order chi connectivity index (χ1) is 11.5. The molecule has 0 spiro atoms. The van der Waals surface area contributed by atoms with Crippen LogP contribution in [0.2, 0.25) is 0 Å². The molecule has 0 saturated carbocycles. The molecule has 2 rings (SSSR count). The second-order valence-corrected chi connectivity index (χ2v) is 4.90. The third-order valence-electron chi connectivity index (χ3n) is 3.15. The van der Waals surface area contributed by atoms with Gasteiger partial charge in [-0.25, -0.2) is 5.43 Å². The van der Waals surface area contributed by atoms with Crippen molar-refractivity contribution in [1.82, 2.24) is 5.43 Å². The largest absolute Gasteiger partial charge is 0.508 e. The second kappa shape index (κ2) is 7.87. The number of hydrogen-bond donors (Lipinski definition) is 3. The number of hydrazone groups is 1. The zero-order chi connectivity index (χ0) is 17.5. The lowest BCUT2D eigenvalue weighted by Gasteiger charge is -2.07. The van der Waals surface area contributed by atoms with Gasteiger partial charge in [0, 0.05) is 5.56 Å². The molecule has 7 nitrogen and oxygen atoms in total. The van der Waals surface area contributed by atoms with Crippen molar-refractivity contribution in [2.45, 2.75) is 6.92 Å². The molecule has 0 unspecified atom stereocenters. The highest BCUT2D eigenvalue weighted by molar-refractivity contribution is 6.01. The molecule has 1 amide bonds. The molecule has 2 aromatic rings. The number of hydrogen-bond acceptors (Lipinski definition) is 6. The van der Waals surface area contributed by atoms with E-state index in [0.717, 1.165) is 0 Å². The molecular formula is C17H18N2O5. The Kier molecular flexibility index (Phi) is 5.62. The SMILES string of the molecule is COc1ccc(OCC(=O)N/N=C(/C)c2cc(O)ccc2O)cc1. The number of amides is 1. The van der Waals surface area contributed by atoms with Crippen LogP contribution in [0.4, 0.5) is 0 Å². The van der Waals surface area contributed by atoms with Crippen molar-refractivity contribution < 1.29 is 24.5 Å². The Balaban J connectivity index is 1.90. The van der Waals surface area contributed by atoms with Crippen molar-refractivity contribution in [2.75, 3.05) is 13.7 Å². The molecule has 7 heteroatoms. The summed E-state index contributed by atoms with van der Waals surface area (Å²) < 4.78 is 10.4. The molecule has 24 heavy (non-hydrogen) atoms. The molecule has 3 N–H and O–H groups in total. The molecule has 2 aromatic carbocycles. The highest BCUT2D eigenvalue weighted by Gasteiger charge is 2.07. The van der Waals surface area contributed by atoms with Gasteiger partial charge in [-0.1, -0.05) is 0 Å². The van der Waals surface area contributed by atoms with E-state index >= 15 is 0 Å². The molecule has 0 atom stereocenters. The van der Waals surface area contributed by atoms with Gasteiger partial charge in [0.25, 0.3) is 5.91 Å². The summed E-state index contributed by atoms with van der Waals surface area (Å²) >= 11 is 0. The summed E-state index contributed by atoms with van der Waals surface area (Å²) in [5, 5.41) is 23.0. The Morgan fingerprint density at radius 3 is 2.46 bits per heavy atom. The Bertz CT molecular complexity index is 741. The van der Waals surface area contributed by atoms with Gasteiger partial charge in [0.05, 0.1) is 12.8 Å². The van der Waals surface area contributed by atoms with Gasteiger partial charge in [-0.2, -0.15) is 5.10 Å². The highest BCUT2D eigenvalue weighted by Crippen LogP contribution is 2.22. The summed E-state index contributed by atoms with van der Waals surface area (Å²) in [5.74, 6) is 0.712. The predicted octanol–water partition coefficient (Wildman–Crippen LogP) is 2.03. The van der Waals surface area contributed by atoms with E-state index in [1.54, 1.807) is 38.3 Å². The van der Waals surface area contributed by atoms with Gasteiger partial charge in [-0.15, -0.1) is 0 Å². The molecule has 0 saturated heterocycles. The van der Waals surface area contributed by atoms with E-state index < -0.39 is 5.91 Å². The molecular weight excluding hydrogens is 312 g/mol. The smallest absolute Gasteiger partial charge is 0.277 e. The normalized spacial score (nSPS) is 11.0. The number of benzene rings is 2. The van der Waals surface area contributed by atoms with Crippen LogP contribution < -0.4 is 14.9 Å². The number of phenolic OH excluding ortho intramolecular Hbond substituents is 2. The van der Waals surface area contributed by atoms with E-state index in [0.29, 0.717) is 22.8 Å². The molecule has 0 aliphatic carbocycles. The molecule has 126 valence electrons. The molecule has 0 heterocycles. The summed E-state index contributed by atoms with van der Waals surface area (Å²) in [7, 11) is 1.56. The summed E-state index contributed by atoms with van der Waals surface area (Å²) in [5.41, 5.74) is 3.00. The third-order valence-corrected chi connectivity index (χ3v) is 3.15. The van der Waals surface area contributed by atoms with Gasteiger partial charge < -0.3 is 19.7 Å². The van der Waals surface area contributed by atoms with Crippen molar-refractivity contribution in [3.63, 3.8) is 0 Å². The lowest BCUT2D eigenvalue weighted by molar-refractivity contribution is -0.123. The van der Waals surface area contributed by atoms with Gasteiger partial charge in [0.15, 0.2) is 6.61 Å². The first-order valence-corrected chi connectivity index (χ1v) is 7.12. The van der Waals surface area contributed by atoms with Crippen molar-refractivity contribution in [1.29, 1.82) is 0 Å². The monoisotopic (exact) mass is 330 g/mol. The Morgan fingerprint density at radius 2 is 1.79 bits per heavy atom. The van der Waals surface area contributed by atoms with Gasteiger partial charge >= 0.3 is 0 Å². The average Bonchev–Trinajstić information content (AvgIpc) is 2.60. The van der Waals surface area contributed by atoms with E-state index in [-0.39, 0.29) is 18.1 Å². The number of ether oxygens (including phenoxy) is 2. The van der Waals surface area contributed by atoms with Gasteiger partial charge in [-0.3, -0.25) is 4.79 Å². The highest BCUT2D eigenvalue weighted by atomic mass is 16.5. The van der Waals surface area contributed by atoms with Crippen LogP contribution >= 0.6 is 0 Å². The van der Waals surface area contributed by atoms with Crippen LogP contribution in [0, 0.1) is 0 Å². The molecule has 0 aliphatic rings. The average molecular weight is 330 g/mol. The zero-order valence-corrected chi connectivity index (χ0v) is 13.3. The first kappa shape index (κ1) is 17.1. The maximum absolute atomic E-state index is 11.7. The fourth-order valence-electron chi connectivity index (χ4n) is 1.87. The van der Waals surface area contributed by atoms with Crippen molar-refractivity contribution in [3.05, 3.63) is 48.0 Å². The lowest BCUT2D eigenvalue weighted by Crippen LogP contribution is -2.25. The minimum atomic E-state index is -0.454. The van der Waals surface area contributed by atoms with E-state index in [1.165, 1.54) is 18.2 Å². The summed E-state index contributed by atoms with van der Waals surface area (Å²) in [6, 6.07) is 10.9. The summed E-state index contributed by atoms with van der Waals surface area (Å²) in [4.78, 5) is 11.7. The van der Waals surface area contributed by atoms with Crippen LogP contribution in [0.3, 0.4) is 0 Å². The maximum Gasteiger partial charge on any atom is 0.277 e. The predicted molar refractivity (Wildman–Crippen MR) is 88.6 cm³/mol. The second-order valence-electron chi connectivity index (χ2n) is 4.90. The Morgan fingerprint density at radius 1 is 1.12 bits per heavy atom. The maximum atomic E-state index is 11.7. The van der Waals surface area contributed by atoms with Crippen LogP contribution in [0.1, 0.15) is 12.5 Å². The van der Waals surface area contributed by atoms with Crippen LogP contribution in [-0.4, -0.2) is 35.5 Å². The van der Waals surface area contributed by atoms with E-state index in [2.05, 4.69) is 10.5 Å². The minimum absolute atomic E-state index is 0.00786. The van der Waals surface area contributed by atoms with Crippen molar-refractivity contribution in [3.8, 4) is 23.0 Å². The number of nitrogens with zero attached hydrogens (tertiary/aromatic N) is 1. The molecule has 0 fully saturated rings. The molecule has 0 aliphatic heterocycles. The topological polar surface area (TPSA) is 100 Å². The zero-order valence-electron chi connectivity index (χ0n) is 13.3. The number of methoxy groups -OCH3 is 1. The van der Waals surface area contributed by atoms with E-state index in [9.17, 15) is 15.0 Å². The standard InChI is InChI=1S/C17H18N2O5/c1-11(15-9-12(20)3-8-16(15)21)18-19-17(22)10-24-14-6-4-13(23-2)5-7-14/h3-9,20-21H,10H2,1-2H3,(H,19,22)/b18-11-. The number of phenols is 2. The van der Waals surface area contributed by atoms with Gasteiger partial charge in [0.2, 0.25) is 0 Å². The van der Waals surface area contributed by atoms with Gasteiger partial charge in [-0.05, 0) is 49.4 Å². The van der Waals surface area contributed by atoms with Crippen molar-refractivity contribution >= 4 is 11.6 Å². The van der Waals surface area contributed by atoms with Crippen LogP contribution in [0.5, 0.6) is 23.0 Å². The van der Waals surface area contributed by atoms with Gasteiger partial charge in [0.1, 0.15) is 23.0 Å². The first-order valence-electron chi connectivity index (χ1n) is 7.12. The van der Waals surface area contributed by atoms with E-state index in [1.807, 2.05) is 0 Å².